The SMILES string of the molecule is CCCC(CC)(NC(=O)c1c(C)oc2ncnc(NC3(C)CC3)c12)OC. The predicted octanol–water partition coefficient (Wildman–Crippen LogP) is 3.78. The molecule has 1 aliphatic rings. The van der Waals surface area contributed by atoms with Crippen molar-refractivity contribution in [1.82, 2.24) is 15.3 Å². The Hall–Kier alpha value is -2.15. The number of carbonyl (C=O) groups excluding carboxylic acids is 1. The van der Waals surface area contributed by atoms with Crippen LogP contribution >= 0.6 is 0 Å². The van der Waals surface area contributed by atoms with Gasteiger partial charge in [-0.15, -0.1) is 0 Å². The lowest BCUT2D eigenvalue weighted by molar-refractivity contribution is -0.0430. The topological polar surface area (TPSA) is 89.3 Å². The van der Waals surface area contributed by atoms with Crippen LogP contribution in [0.5, 0.6) is 0 Å². The van der Waals surface area contributed by atoms with E-state index in [4.69, 9.17) is 9.15 Å². The van der Waals surface area contributed by atoms with Crippen molar-refractivity contribution in [3.05, 3.63) is 17.7 Å². The summed E-state index contributed by atoms with van der Waals surface area (Å²) in [5.41, 5.74) is 0.234. The van der Waals surface area contributed by atoms with E-state index >= 15 is 0 Å². The summed E-state index contributed by atoms with van der Waals surface area (Å²) in [6, 6.07) is 0. The number of fused-ring (bicyclic) bond motifs is 1. The van der Waals surface area contributed by atoms with Gasteiger partial charge in [-0.3, -0.25) is 4.79 Å². The van der Waals surface area contributed by atoms with Crippen LogP contribution in [0.3, 0.4) is 0 Å². The molecule has 0 saturated heterocycles. The minimum Gasteiger partial charge on any atom is -0.442 e. The molecule has 7 nitrogen and oxygen atoms in total. The summed E-state index contributed by atoms with van der Waals surface area (Å²) in [6.07, 6.45) is 5.94. The van der Waals surface area contributed by atoms with Gasteiger partial charge in [0.15, 0.2) is 0 Å². The van der Waals surface area contributed by atoms with Crippen LogP contribution in [0, 0.1) is 6.92 Å². The maximum Gasteiger partial charge on any atom is 0.257 e. The van der Waals surface area contributed by atoms with Crippen LogP contribution in [0.15, 0.2) is 10.7 Å². The first-order valence-electron chi connectivity index (χ1n) is 9.27. The van der Waals surface area contributed by atoms with Crippen molar-refractivity contribution in [2.45, 2.75) is 71.1 Å². The molecule has 0 aromatic carbocycles. The zero-order valence-electron chi connectivity index (χ0n) is 16.2. The maximum absolute atomic E-state index is 13.1. The van der Waals surface area contributed by atoms with E-state index in [2.05, 4.69) is 34.4 Å². The molecule has 0 aliphatic heterocycles. The molecule has 2 aromatic rings. The fourth-order valence-electron chi connectivity index (χ4n) is 3.31. The number of aromatic nitrogens is 2. The fraction of sp³-hybridized carbons (Fsp3) is 0.632. The lowest BCUT2D eigenvalue weighted by Gasteiger charge is -2.32. The van der Waals surface area contributed by atoms with Gasteiger partial charge in [0.2, 0.25) is 5.71 Å². The molecule has 1 fully saturated rings. The van der Waals surface area contributed by atoms with E-state index in [0.29, 0.717) is 34.7 Å². The first-order valence-corrected chi connectivity index (χ1v) is 9.27. The maximum atomic E-state index is 13.1. The summed E-state index contributed by atoms with van der Waals surface area (Å²) in [6.45, 7) is 7.99. The Morgan fingerprint density at radius 1 is 1.38 bits per heavy atom. The molecule has 3 rings (SSSR count). The molecular weight excluding hydrogens is 332 g/mol. The minimum absolute atomic E-state index is 0.0299. The fourth-order valence-corrected chi connectivity index (χ4v) is 3.31. The Kier molecular flexibility index (Phi) is 4.92. The van der Waals surface area contributed by atoms with Gasteiger partial charge in [-0.05, 0) is 39.5 Å². The van der Waals surface area contributed by atoms with E-state index in [1.165, 1.54) is 6.33 Å². The molecule has 1 saturated carbocycles. The molecule has 2 N–H and O–H groups in total. The molecule has 26 heavy (non-hydrogen) atoms. The summed E-state index contributed by atoms with van der Waals surface area (Å²) in [5.74, 6) is 0.948. The number of methoxy groups -OCH3 is 1. The second-order valence-corrected chi connectivity index (χ2v) is 7.38. The zero-order valence-corrected chi connectivity index (χ0v) is 16.2. The van der Waals surface area contributed by atoms with Crippen LogP contribution < -0.4 is 10.6 Å². The zero-order chi connectivity index (χ0) is 18.9. The highest BCUT2D eigenvalue weighted by atomic mass is 16.5. The van der Waals surface area contributed by atoms with Crippen LogP contribution in [-0.4, -0.2) is 34.2 Å². The number of furan rings is 1. The van der Waals surface area contributed by atoms with Crippen LogP contribution in [0.2, 0.25) is 0 Å². The van der Waals surface area contributed by atoms with Crippen molar-refractivity contribution in [2.75, 3.05) is 12.4 Å². The average Bonchev–Trinajstić information content (AvgIpc) is 3.22. The van der Waals surface area contributed by atoms with Gasteiger partial charge in [0.1, 0.15) is 23.6 Å². The number of ether oxygens (including phenoxy) is 1. The quantitative estimate of drug-likeness (QED) is 0.697. The summed E-state index contributed by atoms with van der Waals surface area (Å²) >= 11 is 0. The molecule has 0 spiro atoms. The van der Waals surface area contributed by atoms with Crippen molar-refractivity contribution >= 4 is 22.8 Å². The van der Waals surface area contributed by atoms with E-state index in [1.807, 2.05) is 6.92 Å². The van der Waals surface area contributed by atoms with Gasteiger partial charge in [0.05, 0.1) is 10.9 Å². The molecular formula is C19H28N4O3. The molecule has 142 valence electrons. The largest absolute Gasteiger partial charge is 0.442 e. The molecule has 1 amide bonds. The van der Waals surface area contributed by atoms with Crippen LogP contribution in [0.1, 0.15) is 69.0 Å². The predicted molar refractivity (Wildman–Crippen MR) is 100 cm³/mol. The van der Waals surface area contributed by atoms with Crippen LogP contribution in [-0.2, 0) is 4.74 Å². The van der Waals surface area contributed by atoms with E-state index in [-0.39, 0.29) is 11.4 Å². The minimum atomic E-state index is -0.687. The highest BCUT2D eigenvalue weighted by molar-refractivity contribution is 6.10. The molecule has 0 radical (unpaired) electrons. The molecule has 1 aliphatic carbocycles. The summed E-state index contributed by atoms with van der Waals surface area (Å²) in [4.78, 5) is 21.7. The Morgan fingerprint density at radius 3 is 2.69 bits per heavy atom. The summed E-state index contributed by atoms with van der Waals surface area (Å²) < 4.78 is 11.4. The molecule has 2 heterocycles. The highest BCUT2D eigenvalue weighted by Crippen LogP contribution is 2.40. The second-order valence-electron chi connectivity index (χ2n) is 7.38. The Labute approximate surface area is 153 Å². The smallest absolute Gasteiger partial charge is 0.257 e. The normalized spacial score (nSPS) is 17.7. The first kappa shape index (κ1) is 18.6. The lowest BCUT2D eigenvalue weighted by atomic mass is 10.0. The van der Waals surface area contributed by atoms with Crippen LogP contribution in [0.25, 0.3) is 11.1 Å². The highest BCUT2D eigenvalue weighted by Gasteiger charge is 2.39. The number of hydrogen-bond acceptors (Lipinski definition) is 6. The van der Waals surface area contributed by atoms with Crippen molar-refractivity contribution in [2.24, 2.45) is 0 Å². The summed E-state index contributed by atoms with van der Waals surface area (Å²) in [5, 5.41) is 7.14. The van der Waals surface area contributed by atoms with Gasteiger partial charge < -0.3 is 19.8 Å². The Bertz CT molecular complexity index is 806. The van der Waals surface area contributed by atoms with Gasteiger partial charge >= 0.3 is 0 Å². The van der Waals surface area contributed by atoms with Gasteiger partial charge in [0.25, 0.3) is 5.91 Å². The van der Waals surface area contributed by atoms with Crippen molar-refractivity contribution < 1.29 is 13.9 Å². The number of amides is 1. The number of nitrogens with one attached hydrogen (secondary N) is 2. The number of rotatable bonds is 8. The monoisotopic (exact) mass is 360 g/mol. The Morgan fingerprint density at radius 2 is 2.12 bits per heavy atom. The summed E-state index contributed by atoms with van der Waals surface area (Å²) in [7, 11) is 1.63. The number of carbonyl (C=O) groups is 1. The third-order valence-corrected chi connectivity index (χ3v) is 5.27. The Balaban J connectivity index is 2.00. The molecule has 2 aromatic heterocycles. The lowest BCUT2D eigenvalue weighted by Crippen LogP contribution is -2.49. The van der Waals surface area contributed by atoms with Crippen molar-refractivity contribution in [1.29, 1.82) is 0 Å². The average molecular weight is 360 g/mol. The third-order valence-electron chi connectivity index (χ3n) is 5.27. The second kappa shape index (κ2) is 6.87. The molecule has 0 bridgehead atoms. The number of anilines is 1. The third kappa shape index (κ3) is 3.40. The van der Waals surface area contributed by atoms with Gasteiger partial charge in [-0.1, -0.05) is 20.3 Å². The molecule has 1 atom stereocenters. The number of aryl methyl sites for hydroxylation is 1. The molecule has 1 unspecified atom stereocenters. The van der Waals surface area contributed by atoms with Gasteiger partial charge in [-0.25, -0.2) is 9.97 Å². The van der Waals surface area contributed by atoms with Gasteiger partial charge in [0, 0.05) is 12.6 Å². The first-order chi connectivity index (χ1) is 12.4. The van der Waals surface area contributed by atoms with E-state index in [9.17, 15) is 4.79 Å². The van der Waals surface area contributed by atoms with E-state index in [0.717, 1.165) is 25.7 Å². The standard InChI is InChI=1S/C19H28N4O3/c1-6-8-19(7-2,25-5)23-16(24)13-12(3)26-17-14(13)15(20-11-21-17)22-18(4)9-10-18/h11H,6-10H2,1-5H3,(H,23,24)(H,20,21,22). The number of nitrogens with zero attached hydrogens (tertiary/aromatic N) is 2. The number of hydrogen-bond donors (Lipinski definition) is 2. The van der Waals surface area contributed by atoms with Crippen molar-refractivity contribution in [3.63, 3.8) is 0 Å². The van der Waals surface area contributed by atoms with E-state index in [1.54, 1.807) is 14.0 Å². The van der Waals surface area contributed by atoms with Gasteiger partial charge in [-0.2, -0.15) is 0 Å². The van der Waals surface area contributed by atoms with Crippen LogP contribution in [0.4, 0.5) is 5.82 Å². The van der Waals surface area contributed by atoms with E-state index < -0.39 is 5.72 Å². The molecule has 7 heteroatoms. The van der Waals surface area contributed by atoms with Crippen molar-refractivity contribution in [3.8, 4) is 0 Å².